The van der Waals surface area contributed by atoms with E-state index in [1.54, 1.807) is 0 Å². The van der Waals surface area contributed by atoms with E-state index in [1.165, 1.54) is 29.6 Å². The number of imidazole rings is 1. The van der Waals surface area contributed by atoms with E-state index in [4.69, 9.17) is 10.5 Å². The molecule has 7 N–H and O–H groups in total. The van der Waals surface area contributed by atoms with Gasteiger partial charge in [-0.05, 0) is 24.0 Å². The topological polar surface area (TPSA) is 182 Å². The number of H-pyrrole nitrogens is 1. The van der Waals surface area contributed by atoms with E-state index in [2.05, 4.69) is 9.97 Å². The number of benzene rings is 1. The van der Waals surface area contributed by atoms with E-state index in [0.717, 1.165) is 0 Å². The molecule has 3 atom stereocenters. The molecule has 1 aliphatic heterocycles. The minimum atomic E-state index is -1.52. The third kappa shape index (κ3) is 3.60. The maximum atomic E-state index is 12.4. The Bertz CT molecular complexity index is 962. The summed E-state index contributed by atoms with van der Waals surface area (Å²) >= 11 is 0. The van der Waals surface area contributed by atoms with Crippen LogP contribution < -0.4 is 10.5 Å². The van der Waals surface area contributed by atoms with Crippen LogP contribution in [0.1, 0.15) is 40.0 Å². The van der Waals surface area contributed by atoms with Crippen LogP contribution in [0, 0.1) is 0 Å². The molecular weight excluding hydrogens is 395 g/mol. The van der Waals surface area contributed by atoms with Gasteiger partial charge in [-0.2, -0.15) is 0 Å². The smallest absolute Gasteiger partial charge is 0.455 e. The Kier molecular flexibility index (Phi) is 5.14. The van der Waals surface area contributed by atoms with Gasteiger partial charge in [0.05, 0.1) is 31.3 Å². The number of likely N-dealkylation sites (tertiary alicyclic amines) is 1. The van der Waals surface area contributed by atoms with Crippen molar-refractivity contribution in [3.8, 4) is 11.5 Å². The number of nitrogens with one attached hydrogen (secondary N) is 1. The van der Waals surface area contributed by atoms with Gasteiger partial charge >= 0.3 is 13.1 Å². The van der Waals surface area contributed by atoms with Crippen LogP contribution in [0.15, 0.2) is 24.7 Å². The van der Waals surface area contributed by atoms with E-state index in [9.17, 15) is 29.9 Å². The predicted molar refractivity (Wildman–Crippen MR) is 103 cm³/mol. The average molecular weight is 416 g/mol. The molecule has 1 aliphatic carbocycles. The van der Waals surface area contributed by atoms with Crippen molar-refractivity contribution in [2.75, 3.05) is 13.1 Å². The van der Waals surface area contributed by atoms with Crippen molar-refractivity contribution in [1.29, 1.82) is 0 Å². The van der Waals surface area contributed by atoms with Gasteiger partial charge in [-0.15, -0.1) is 0 Å². The highest BCUT2D eigenvalue weighted by molar-refractivity contribution is 6.44. The van der Waals surface area contributed by atoms with Crippen LogP contribution in [0.2, 0.25) is 5.82 Å². The van der Waals surface area contributed by atoms with E-state index < -0.39 is 36.8 Å². The molecule has 4 rings (SSSR count). The fourth-order valence-electron chi connectivity index (χ4n) is 3.73. The SMILES string of the molecule is N[C@@H](C(=O)N1CC(Oc2ccc([C@@H]3C[C@@H]3B(O)O)c(O)c2C(=O)O)C1)c1cnc[nH]1. The summed E-state index contributed by atoms with van der Waals surface area (Å²) in [7, 11) is -1.52. The standard InChI is InChI=1S/C18H21BN4O7/c20-15(12-4-21-7-22-12)17(25)23-5-8(6-23)30-13-2-1-9(10-3-11(10)19(28)29)16(24)14(13)18(26)27/h1-2,4,7-8,10-11,15,24,28-29H,3,5-6,20H2,(H,21,22)(H,26,27)/t10-,11-,15+/m0/s1. The minimum Gasteiger partial charge on any atom is -0.507 e. The second kappa shape index (κ2) is 7.63. The quantitative estimate of drug-likeness (QED) is 0.322. The first-order chi connectivity index (χ1) is 14.3. The number of aromatic hydroxyl groups is 1. The van der Waals surface area contributed by atoms with Crippen LogP contribution in [0.3, 0.4) is 0 Å². The number of hydrogen-bond acceptors (Lipinski definition) is 8. The molecule has 0 radical (unpaired) electrons. The monoisotopic (exact) mass is 416 g/mol. The molecule has 2 fully saturated rings. The number of aromatic amines is 1. The number of nitrogens with two attached hydrogens (primary N) is 1. The highest BCUT2D eigenvalue weighted by Crippen LogP contribution is 2.56. The first kappa shape index (κ1) is 20.2. The molecule has 2 aromatic rings. The first-order valence-electron chi connectivity index (χ1n) is 9.42. The van der Waals surface area contributed by atoms with Gasteiger partial charge in [-0.3, -0.25) is 4.79 Å². The summed E-state index contributed by atoms with van der Waals surface area (Å²) in [6.45, 7) is 0.452. The zero-order chi connectivity index (χ0) is 21.6. The Morgan fingerprint density at radius 3 is 2.63 bits per heavy atom. The number of amides is 1. The average Bonchev–Trinajstić information content (AvgIpc) is 3.27. The number of carboxylic acid groups (broad SMARTS) is 1. The fourth-order valence-corrected chi connectivity index (χ4v) is 3.73. The van der Waals surface area contributed by atoms with Crippen molar-refractivity contribution in [2.45, 2.75) is 30.3 Å². The van der Waals surface area contributed by atoms with Crippen molar-refractivity contribution >= 4 is 19.0 Å². The first-order valence-corrected chi connectivity index (χ1v) is 9.42. The number of carbonyl (C=O) groups is 2. The summed E-state index contributed by atoms with van der Waals surface area (Å²) in [5, 5.41) is 38.5. The molecular formula is C18H21BN4O7. The van der Waals surface area contributed by atoms with Crippen molar-refractivity contribution in [3.05, 3.63) is 41.5 Å². The fraction of sp³-hybridized carbons (Fsp3) is 0.389. The van der Waals surface area contributed by atoms with Gasteiger partial charge in [0.25, 0.3) is 0 Å². The van der Waals surface area contributed by atoms with Crippen LogP contribution >= 0.6 is 0 Å². The summed E-state index contributed by atoms with van der Waals surface area (Å²) in [5.41, 5.74) is 6.36. The Balaban J connectivity index is 1.42. The molecule has 0 unspecified atom stereocenters. The Labute approximate surface area is 171 Å². The largest absolute Gasteiger partial charge is 0.507 e. The number of phenols is 1. The van der Waals surface area contributed by atoms with Crippen LogP contribution in [0.5, 0.6) is 11.5 Å². The number of hydrogen-bond donors (Lipinski definition) is 6. The molecule has 1 saturated carbocycles. The molecule has 1 aromatic heterocycles. The maximum Gasteiger partial charge on any atom is 0.455 e. The molecule has 12 heteroatoms. The number of aromatic carboxylic acids is 1. The van der Waals surface area contributed by atoms with Crippen LogP contribution in [-0.2, 0) is 4.79 Å². The Hall–Kier alpha value is -3.09. The van der Waals surface area contributed by atoms with E-state index >= 15 is 0 Å². The lowest BCUT2D eigenvalue weighted by atomic mass is 9.81. The van der Waals surface area contributed by atoms with E-state index in [1.807, 2.05) is 0 Å². The highest BCUT2D eigenvalue weighted by atomic mass is 16.5. The number of ether oxygens (including phenoxy) is 1. The summed E-state index contributed by atoms with van der Waals surface area (Å²) in [5.74, 6) is -2.88. The number of aromatic nitrogens is 2. The molecule has 2 aliphatic rings. The molecule has 0 spiro atoms. The highest BCUT2D eigenvalue weighted by Gasteiger charge is 2.48. The second-order valence-corrected chi connectivity index (χ2v) is 7.57. The summed E-state index contributed by atoms with van der Waals surface area (Å²) < 4.78 is 5.71. The van der Waals surface area contributed by atoms with Gasteiger partial charge < -0.3 is 40.6 Å². The number of rotatable bonds is 7. The number of carbonyl (C=O) groups excluding carboxylic acids is 1. The number of nitrogens with zero attached hydrogens (tertiary/aromatic N) is 2. The lowest BCUT2D eigenvalue weighted by Crippen LogP contribution is -2.58. The maximum absolute atomic E-state index is 12.4. The van der Waals surface area contributed by atoms with Gasteiger partial charge in [0, 0.05) is 5.82 Å². The molecule has 2 heterocycles. The summed E-state index contributed by atoms with van der Waals surface area (Å²) in [6, 6.07) is 2.10. The van der Waals surface area contributed by atoms with Crippen LogP contribution in [0.4, 0.5) is 0 Å². The normalized spacial score (nSPS) is 21.6. The third-order valence-electron chi connectivity index (χ3n) is 5.58. The molecule has 30 heavy (non-hydrogen) atoms. The molecule has 0 bridgehead atoms. The van der Waals surface area contributed by atoms with Crippen molar-refractivity contribution in [3.63, 3.8) is 0 Å². The third-order valence-corrected chi connectivity index (χ3v) is 5.58. The zero-order valence-electron chi connectivity index (χ0n) is 15.8. The van der Waals surface area contributed by atoms with Gasteiger partial charge in [-0.25, -0.2) is 9.78 Å². The summed E-state index contributed by atoms with van der Waals surface area (Å²) in [4.78, 5) is 32.2. The lowest BCUT2D eigenvalue weighted by Gasteiger charge is -2.40. The Morgan fingerprint density at radius 1 is 1.33 bits per heavy atom. The number of carboxylic acids is 1. The predicted octanol–water partition coefficient (Wildman–Crippen LogP) is -0.567. The van der Waals surface area contributed by atoms with E-state index in [-0.39, 0.29) is 36.2 Å². The molecule has 158 valence electrons. The van der Waals surface area contributed by atoms with Gasteiger partial charge in [0.15, 0.2) is 0 Å². The minimum absolute atomic E-state index is 0.0135. The second-order valence-electron chi connectivity index (χ2n) is 7.57. The van der Waals surface area contributed by atoms with Crippen molar-refractivity contribution < 1.29 is 34.6 Å². The summed E-state index contributed by atoms with van der Waals surface area (Å²) in [6.07, 6.45) is 2.90. The van der Waals surface area contributed by atoms with E-state index in [0.29, 0.717) is 17.7 Å². The molecule has 1 aromatic carbocycles. The molecule has 1 amide bonds. The lowest BCUT2D eigenvalue weighted by molar-refractivity contribution is -0.141. The van der Waals surface area contributed by atoms with Crippen LogP contribution in [0.25, 0.3) is 0 Å². The Morgan fingerprint density at radius 2 is 2.07 bits per heavy atom. The molecule has 11 nitrogen and oxygen atoms in total. The zero-order valence-corrected chi connectivity index (χ0v) is 15.8. The van der Waals surface area contributed by atoms with Gasteiger partial charge in [0.2, 0.25) is 5.91 Å². The van der Waals surface area contributed by atoms with Crippen LogP contribution in [-0.4, -0.2) is 73.3 Å². The van der Waals surface area contributed by atoms with Crippen molar-refractivity contribution in [2.24, 2.45) is 5.73 Å². The van der Waals surface area contributed by atoms with Gasteiger partial charge in [0.1, 0.15) is 29.2 Å². The molecule has 1 saturated heterocycles. The van der Waals surface area contributed by atoms with Gasteiger partial charge in [-0.1, -0.05) is 6.07 Å². The van der Waals surface area contributed by atoms with Crippen molar-refractivity contribution in [1.82, 2.24) is 14.9 Å².